The summed E-state index contributed by atoms with van der Waals surface area (Å²) in [6.45, 7) is 2.01. The number of nitrogens with zero attached hydrogens (tertiary/aromatic N) is 2. The van der Waals surface area contributed by atoms with Crippen LogP contribution in [0.25, 0.3) is 10.9 Å². The van der Waals surface area contributed by atoms with Gasteiger partial charge in [-0.25, -0.2) is 4.98 Å². The van der Waals surface area contributed by atoms with Crippen LogP contribution in [0, 0.1) is 6.92 Å². The van der Waals surface area contributed by atoms with Gasteiger partial charge in [-0.1, -0.05) is 12.1 Å². The summed E-state index contributed by atoms with van der Waals surface area (Å²) in [5, 5.41) is 0.439. The van der Waals surface area contributed by atoms with E-state index in [0.717, 1.165) is 16.5 Å². The van der Waals surface area contributed by atoms with E-state index in [0.29, 0.717) is 11.4 Å². The standard InChI is InChI=1S/C13H13ClN2O/c1-8-4-5-9-7-10(12(14)17)13(16(2)3)15-11(9)6-8/h4-7H,1-3H3. The van der Waals surface area contributed by atoms with Gasteiger partial charge >= 0.3 is 0 Å². The maximum atomic E-state index is 11.4. The minimum absolute atomic E-state index is 0.438. The van der Waals surface area contributed by atoms with E-state index in [-0.39, 0.29) is 0 Å². The van der Waals surface area contributed by atoms with Gasteiger partial charge in [0.1, 0.15) is 5.82 Å². The van der Waals surface area contributed by atoms with Gasteiger partial charge in [0.15, 0.2) is 0 Å². The van der Waals surface area contributed by atoms with Gasteiger partial charge in [0.2, 0.25) is 0 Å². The summed E-state index contributed by atoms with van der Waals surface area (Å²) in [5.74, 6) is 0.600. The van der Waals surface area contributed by atoms with Gasteiger partial charge in [0.05, 0.1) is 11.1 Å². The summed E-state index contributed by atoms with van der Waals surface area (Å²) in [6.07, 6.45) is 0. The molecule has 0 amide bonds. The van der Waals surface area contributed by atoms with E-state index >= 15 is 0 Å². The zero-order valence-electron chi connectivity index (χ0n) is 9.99. The summed E-state index contributed by atoms with van der Waals surface area (Å²) >= 11 is 5.58. The monoisotopic (exact) mass is 248 g/mol. The molecule has 4 heteroatoms. The molecule has 0 spiro atoms. The number of aryl methyl sites for hydroxylation is 1. The minimum atomic E-state index is -0.483. The molecular weight excluding hydrogens is 236 g/mol. The van der Waals surface area contributed by atoms with Crippen LogP contribution in [0.2, 0.25) is 0 Å². The van der Waals surface area contributed by atoms with Crippen molar-refractivity contribution in [1.29, 1.82) is 0 Å². The number of rotatable bonds is 2. The second-order valence-electron chi connectivity index (χ2n) is 4.22. The van der Waals surface area contributed by atoms with Crippen molar-refractivity contribution in [2.24, 2.45) is 0 Å². The van der Waals surface area contributed by atoms with Crippen LogP contribution in [-0.2, 0) is 0 Å². The largest absolute Gasteiger partial charge is 0.362 e. The predicted molar refractivity (Wildman–Crippen MR) is 71.0 cm³/mol. The predicted octanol–water partition coefficient (Wildman–Crippen LogP) is 2.99. The third-order valence-corrected chi connectivity index (χ3v) is 2.79. The number of pyridine rings is 1. The Labute approximate surface area is 105 Å². The maximum absolute atomic E-state index is 11.4. The first-order chi connectivity index (χ1) is 7.99. The number of benzene rings is 1. The zero-order valence-corrected chi connectivity index (χ0v) is 10.7. The Morgan fingerprint density at radius 3 is 2.59 bits per heavy atom. The van der Waals surface area contributed by atoms with E-state index in [9.17, 15) is 4.79 Å². The van der Waals surface area contributed by atoms with Crippen LogP contribution in [0.3, 0.4) is 0 Å². The highest BCUT2D eigenvalue weighted by Gasteiger charge is 2.13. The lowest BCUT2D eigenvalue weighted by atomic mass is 10.1. The van der Waals surface area contributed by atoms with Crippen LogP contribution >= 0.6 is 11.6 Å². The maximum Gasteiger partial charge on any atom is 0.256 e. The first-order valence-corrected chi connectivity index (χ1v) is 5.65. The molecular formula is C13H13ClN2O. The second kappa shape index (κ2) is 4.34. The van der Waals surface area contributed by atoms with E-state index in [1.54, 1.807) is 11.0 Å². The van der Waals surface area contributed by atoms with E-state index in [1.807, 2.05) is 39.2 Å². The Kier molecular flexibility index (Phi) is 3.03. The molecule has 1 heterocycles. The summed E-state index contributed by atoms with van der Waals surface area (Å²) in [6, 6.07) is 7.71. The van der Waals surface area contributed by atoms with Crippen LogP contribution < -0.4 is 4.90 Å². The molecule has 0 aliphatic rings. The molecule has 0 aliphatic heterocycles. The first kappa shape index (κ1) is 11.9. The molecule has 1 aromatic carbocycles. The third-order valence-electron chi connectivity index (χ3n) is 2.59. The first-order valence-electron chi connectivity index (χ1n) is 5.27. The summed E-state index contributed by atoms with van der Waals surface area (Å²) in [5.41, 5.74) is 2.45. The van der Waals surface area contributed by atoms with Crippen LogP contribution in [0.1, 0.15) is 15.9 Å². The number of anilines is 1. The Morgan fingerprint density at radius 2 is 2.00 bits per heavy atom. The van der Waals surface area contributed by atoms with E-state index in [4.69, 9.17) is 11.6 Å². The van der Waals surface area contributed by atoms with Gasteiger partial charge in [-0.15, -0.1) is 0 Å². The number of fused-ring (bicyclic) bond motifs is 1. The Morgan fingerprint density at radius 1 is 1.29 bits per heavy atom. The molecule has 0 saturated heterocycles. The Hall–Kier alpha value is -1.61. The van der Waals surface area contributed by atoms with Crippen LogP contribution in [0.4, 0.5) is 5.82 Å². The van der Waals surface area contributed by atoms with Crippen molar-refractivity contribution in [3.8, 4) is 0 Å². The summed E-state index contributed by atoms with van der Waals surface area (Å²) in [7, 11) is 3.68. The average molecular weight is 249 g/mol. The highest BCUT2D eigenvalue weighted by molar-refractivity contribution is 6.68. The van der Waals surface area contributed by atoms with Crippen LogP contribution in [0.15, 0.2) is 24.3 Å². The zero-order chi connectivity index (χ0) is 12.6. The average Bonchev–Trinajstić information content (AvgIpc) is 2.26. The topological polar surface area (TPSA) is 33.2 Å². The molecule has 17 heavy (non-hydrogen) atoms. The molecule has 0 fully saturated rings. The number of carbonyl (C=O) groups is 1. The van der Waals surface area contributed by atoms with Crippen molar-refractivity contribution in [3.05, 3.63) is 35.4 Å². The molecule has 1 aromatic heterocycles. The number of aromatic nitrogens is 1. The smallest absolute Gasteiger partial charge is 0.256 e. The number of hydrogen-bond acceptors (Lipinski definition) is 3. The van der Waals surface area contributed by atoms with Crippen molar-refractivity contribution >= 4 is 33.6 Å². The van der Waals surface area contributed by atoms with Crippen molar-refractivity contribution in [1.82, 2.24) is 4.98 Å². The van der Waals surface area contributed by atoms with Crippen molar-refractivity contribution in [2.45, 2.75) is 6.92 Å². The number of carbonyl (C=O) groups excluding carboxylic acids is 1. The molecule has 0 saturated carbocycles. The Balaban J connectivity index is 2.77. The fraction of sp³-hybridized carbons (Fsp3) is 0.231. The van der Waals surface area contributed by atoms with Gasteiger partial charge in [-0.05, 0) is 36.2 Å². The lowest BCUT2D eigenvalue weighted by Gasteiger charge is -2.15. The van der Waals surface area contributed by atoms with Gasteiger partial charge < -0.3 is 4.90 Å². The fourth-order valence-corrected chi connectivity index (χ4v) is 1.89. The molecule has 0 aliphatic carbocycles. The van der Waals surface area contributed by atoms with E-state index in [2.05, 4.69) is 4.98 Å². The minimum Gasteiger partial charge on any atom is -0.362 e. The van der Waals surface area contributed by atoms with Gasteiger partial charge in [0, 0.05) is 19.5 Å². The molecule has 0 N–H and O–H groups in total. The molecule has 3 nitrogen and oxygen atoms in total. The lowest BCUT2D eigenvalue weighted by Crippen LogP contribution is -2.14. The highest BCUT2D eigenvalue weighted by Crippen LogP contribution is 2.24. The van der Waals surface area contributed by atoms with Gasteiger partial charge in [-0.2, -0.15) is 0 Å². The summed E-state index contributed by atoms with van der Waals surface area (Å²) < 4.78 is 0. The van der Waals surface area contributed by atoms with Crippen molar-refractivity contribution in [2.75, 3.05) is 19.0 Å². The third kappa shape index (κ3) is 2.24. The summed E-state index contributed by atoms with van der Waals surface area (Å²) in [4.78, 5) is 17.6. The van der Waals surface area contributed by atoms with Gasteiger partial charge in [0.25, 0.3) is 5.24 Å². The molecule has 0 bridgehead atoms. The highest BCUT2D eigenvalue weighted by atomic mass is 35.5. The van der Waals surface area contributed by atoms with Crippen LogP contribution in [-0.4, -0.2) is 24.3 Å². The van der Waals surface area contributed by atoms with Gasteiger partial charge in [-0.3, -0.25) is 4.79 Å². The Bertz CT molecular complexity index is 593. The van der Waals surface area contributed by atoms with E-state index < -0.39 is 5.24 Å². The second-order valence-corrected chi connectivity index (χ2v) is 4.57. The molecule has 0 radical (unpaired) electrons. The van der Waals surface area contributed by atoms with Crippen molar-refractivity contribution < 1.29 is 4.79 Å². The molecule has 0 unspecified atom stereocenters. The van der Waals surface area contributed by atoms with Crippen LogP contribution in [0.5, 0.6) is 0 Å². The number of hydrogen-bond donors (Lipinski definition) is 0. The lowest BCUT2D eigenvalue weighted by molar-refractivity contribution is 0.108. The molecule has 2 aromatic rings. The van der Waals surface area contributed by atoms with E-state index in [1.165, 1.54) is 0 Å². The molecule has 2 rings (SSSR count). The SMILES string of the molecule is Cc1ccc2cc(C(=O)Cl)c(N(C)C)nc2c1. The fourth-order valence-electron chi connectivity index (χ4n) is 1.75. The number of halogens is 1. The molecule has 0 atom stereocenters. The quantitative estimate of drug-likeness (QED) is 0.766. The van der Waals surface area contributed by atoms with Crippen molar-refractivity contribution in [3.63, 3.8) is 0 Å². The normalized spacial score (nSPS) is 10.6. The molecule has 88 valence electrons.